The van der Waals surface area contributed by atoms with Gasteiger partial charge in [-0.25, -0.2) is 0 Å². The van der Waals surface area contributed by atoms with Gasteiger partial charge in [0.1, 0.15) is 0 Å². The van der Waals surface area contributed by atoms with Crippen molar-refractivity contribution in [3.63, 3.8) is 0 Å². The Labute approximate surface area is 98.7 Å². The van der Waals surface area contributed by atoms with Crippen LogP contribution in [-0.2, 0) is 0 Å². The third-order valence-electron chi connectivity index (χ3n) is 2.25. The SMILES string of the molecule is Cc1cc(NC(=O)c2ccncc2N)ccn1. The van der Waals surface area contributed by atoms with E-state index in [9.17, 15) is 4.79 Å². The first-order valence-corrected chi connectivity index (χ1v) is 5.10. The van der Waals surface area contributed by atoms with Crippen LogP contribution in [-0.4, -0.2) is 15.9 Å². The van der Waals surface area contributed by atoms with Crippen LogP contribution in [0.1, 0.15) is 16.1 Å². The van der Waals surface area contributed by atoms with Gasteiger partial charge in [0.05, 0.1) is 17.4 Å². The molecule has 0 bridgehead atoms. The quantitative estimate of drug-likeness (QED) is 0.818. The first kappa shape index (κ1) is 11.1. The molecule has 0 saturated carbocycles. The summed E-state index contributed by atoms with van der Waals surface area (Å²) in [5.41, 5.74) is 7.97. The van der Waals surface area contributed by atoms with Crippen molar-refractivity contribution in [2.75, 3.05) is 11.1 Å². The van der Waals surface area contributed by atoms with E-state index in [0.717, 1.165) is 5.69 Å². The summed E-state index contributed by atoms with van der Waals surface area (Å²) in [6, 6.07) is 5.09. The predicted octanol–water partition coefficient (Wildman–Crippen LogP) is 1.62. The lowest BCUT2D eigenvalue weighted by molar-refractivity contribution is 0.102. The van der Waals surface area contributed by atoms with E-state index in [2.05, 4.69) is 15.3 Å². The molecule has 3 N–H and O–H groups in total. The van der Waals surface area contributed by atoms with Crippen LogP contribution in [0.15, 0.2) is 36.8 Å². The Kier molecular flexibility index (Phi) is 3.00. The number of hydrogen-bond donors (Lipinski definition) is 2. The molecule has 0 unspecified atom stereocenters. The zero-order chi connectivity index (χ0) is 12.3. The second kappa shape index (κ2) is 4.61. The number of nitrogen functional groups attached to an aromatic ring is 1. The average molecular weight is 228 g/mol. The second-order valence-electron chi connectivity index (χ2n) is 3.60. The van der Waals surface area contributed by atoms with Crippen LogP contribution in [0.25, 0.3) is 0 Å². The number of nitrogens with one attached hydrogen (secondary N) is 1. The number of amides is 1. The van der Waals surface area contributed by atoms with E-state index in [1.807, 2.05) is 6.92 Å². The number of aryl methyl sites for hydroxylation is 1. The Morgan fingerprint density at radius 1 is 1.35 bits per heavy atom. The molecule has 1 amide bonds. The highest BCUT2D eigenvalue weighted by molar-refractivity contribution is 6.07. The fraction of sp³-hybridized carbons (Fsp3) is 0.0833. The van der Waals surface area contributed by atoms with Crippen molar-refractivity contribution in [3.05, 3.63) is 48.0 Å². The number of carbonyl (C=O) groups is 1. The van der Waals surface area contributed by atoms with Crippen LogP contribution in [0, 0.1) is 6.92 Å². The summed E-state index contributed by atoms with van der Waals surface area (Å²) >= 11 is 0. The van der Waals surface area contributed by atoms with E-state index in [4.69, 9.17) is 5.73 Å². The number of pyridine rings is 2. The number of aromatic nitrogens is 2. The lowest BCUT2D eigenvalue weighted by atomic mass is 10.2. The van der Waals surface area contributed by atoms with Crippen molar-refractivity contribution in [3.8, 4) is 0 Å². The molecule has 0 aliphatic heterocycles. The topological polar surface area (TPSA) is 80.9 Å². The average Bonchev–Trinajstić information content (AvgIpc) is 2.29. The molecule has 0 aliphatic carbocycles. The van der Waals surface area contributed by atoms with E-state index >= 15 is 0 Å². The Morgan fingerprint density at radius 3 is 2.88 bits per heavy atom. The number of anilines is 2. The number of nitrogens with zero attached hydrogens (tertiary/aromatic N) is 2. The van der Waals surface area contributed by atoms with Gasteiger partial charge in [-0.3, -0.25) is 14.8 Å². The van der Waals surface area contributed by atoms with Crippen LogP contribution >= 0.6 is 0 Å². The van der Waals surface area contributed by atoms with E-state index in [0.29, 0.717) is 16.9 Å². The van der Waals surface area contributed by atoms with Gasteiger partial charge in [0.25, 0.3) is 5.91 Å². The Bertz CT molecular complexity index is 554. The highest BCUT2D eigenvalue weighted by Gasteiger charge is 2.09. The van der Waals surface area contributed by atoms with Crippen LogP contribution in [0.3, 0.4) is 0 Å². The summed E-state index contributed by atoms with van der Waals surface area (Å²) in [5, 5.41) is 2.75. The maximum Gasteiger partial charge on any atom is 0.257 e. The fourth-order valence-electron chi connectivity index (χ4n) is 1.44. The summed E-state index contributed by atoms with van der Waals surface area (Å²) in [5.74, 6) is -0.254. The molecule has 5 heteroatoms. The largest absolute Gasteiger partial charge is 0.397 e. The van der Waals surface area contributed by atoms with Gasteiger partial charge in [-0.15, -0.1) is 0 Å². The van der Waals surface area contributed by atoms with Crippen LogP contribution in [0.5, 0.6) is 0 Å². The highest BCUT2D eigenvalue weighted by atomic mass is 16.1. The summed E-state index contributed by atoms with van der Waals surface area (Å²) in [6.45, 7) is 1.86. The highest BCUT2D eigenvalue weighted by Crippen LogP contribution is 2.13. The summed E-state index contributed by atoms with van der Waals surface area (Å²) in [4.78, 5) is 19.8. The molecule has 86 valence electrons. The molecule has 2 heterocycles. The first-order chi connectivity index (χ1) is 8.16. The molecule has 2 aromatic rings. The third-order valence-corrected chi connectivity index (χ3v) is 2.25. The van der Waals surface area contributed by atoms with Gasteiger partial charge in [0.2, 0.25) is 0 Å². The second-order valence-corrected chi connectivity index (χ2v) is 3.60. The minimum Gasteiger partial charge on any atom is -0.397 e. The summed E-state index contributed by atoms with van der Waals surface area (Å²) in [7, 11) is 0. The molecule has 17 heavy (non-hydrogen) atoms. The molecule has 0 aromatic carbocycles. The maximum absolute atomic E-state index is 11.9. The zero-order valence-corrected chi connectivity index (χ0v) is 9.34. The summed E-state index contributed by atoms with van der Waals surface area (Å²) < 4.78 is 0. The zero-order valence-electron chi connectivity index (χ0n) is 9.34. The van der Waals surface area contributed by atoms with Gasteiger partial charge in [-0.05, 0) is 25.1 Å². The van der Waals surface area contributed by atoms with Crippen LogP contribution in [0.4, 0.5) is 11.4 Å². The lowest BCUT2D eigenvalue weighted by Crippen LogP contribution is -2.14. The van der Waals surface area contributed by atoms with Crippen molar-refractivity contribution in [1.82, 2.24) is 9.97 Å². The Morgan fingerprint density at radius 2 is 2.18 bits per heavy atom. The standard InChI is InChI=1S/C12H12N4O/c1-8-6-9(2-5-15-8)16-12(17)10-3-4-14-7-11(10)13/h2-7H,13H2,1H3,(H,15,16,17). The molecule has 2 rings (SSSR count). The van der Waals surface area contributed by atoms with Crippen molar-refractivity contribution in [2.45, 2.75) is 6.92 Å². The normalized spacial score (nSPS) is 9.94. The molecule has 0 spiro atoms. The van der Waals surface area contributed by atoms with E-state index in [1.54, 1.807) is 24.4 Å². The molecule has 0 atom stereocenters. The molecule has 0 fully saturated rings. The predicted molar refractivity (Wildman–Crippen MR) is 65.6 cm³/mol. The molecular weight excluding hydrogens is 216 g/mol. The minimum absolute atomic E-state index is 0.254. The van der Waals surface area contributed by atoms with Gasteiger partial charge < -0.3 is 11.1 Å². The molecule has 0 saturated heterocycles. The monoisotopic (exact) mass is 228 g/mol. The third kappa shape index (κ3) is 2.57. The first-order valence-electron chi connectivity index (χ1n) is 5.10. The number of hydrogen-bond acceptors (Lipinski definition) is 4. The van der Waals surface area contributed by atoms with Crippen LogP contribution < -0.4 is 11.1 Å². The van der Waals surface area contributed by atoms with Crippen molar-refractivity contribution < 1.29 is 4.79 Å². The molecule has 2 aromatic heterocycles. The molecule has 0 aliphatic rings. The van der Waals surface area contributed by atoms with Gasteiger partial charge in [0, 0.05) is 23.8 Å². The minimum atomic E-state index is -0.254. The Hall–Kier alpha value is -2.43. The smallest absolute Gasteiger partial charge is 0.257 e. The number of rotatable bonds is 2. The van der Waals surface area contributed by atoms with Gasteiger partial charge >= 0.3 is 0 Å². The fourth-order valence-corrected chi connectivity index (χ4v) is 1.44. The van der Waals surface area contributed by atoms with E-state index in [-0.39, 0.29) is 5.91 Å². The van der Waals surface area contributed by atoms with Crippen LogP contribution in [0.2, 0.25) is 0 Å². The van der Waals surface area contributed by atoms with Crippen molar-refractivity contribution >= 4 is 17.3 Å². The van der Waals surface area contributed by atoms with Gasteiger partial charge in [-0.1, -0.05) is 0 Å². The number of nitrogens with two attached hydrogens (primary N) is 1. The molecule has 0 radical (unpaired) electrons. The van der Waals surface area contributed by atoms with E-state index < -0.39 is 0 Å². The van der Waals surface area contributed by atoms with Crippen molar-refractivity contribution in [1.29, 1.82) is 0 Å². The lowest BCUT2D eigenvalue weighted by Gasteiger charge is -2.07. The number of carbonyl (C=O) groups excluding carboxylic acids is 1. The summed E-state index contributed by atoms with van der Waals surface area (Å²) in [6.07, 6.45) is 4.62. The van der Waals surface area contributed by atoms with E-state index in [1.165, 1.54) is 12.4 Å². The van der Waals surface area contributed by atoms with Gasteiger partial charge in [-0.2, -0.15) is 0 Å². The molecular formula is C12H12N4O. The van der Waals surface area contributed by atoms with Crippen molar-refractivity contribution in [2.24, 2.45) is 0 Å². The Balaban J connectivity index is 2.20. The molecule has 5 nitrogen and oxygen atoms in total. The van der Waals surface area contributed by atoms with Gasteiger partial charge in [0.15, 0.2) is 0 Å². The maximum atomic E-state index is 11.9.